The number of nitrogens with zero attached hydrogens (tertiary/aromatic N) is 3. The van der Waals surface area contributed by atoms with Crippen molar-refractivity contribution in [2.24, 2.45) is 0 Å². The smallest absolute Gasteiger partial charge is 0.387 e. The number of carbonyl (C=O) groups is 2. The Labute approximate surface area is 214 Å². The number of aliphatic hydroxyl groups excluding tert-OH is 2. The number of amides is 2. The lowest BCUT2D eigenvalue weighted by atomic mass is 10.1. The van der Waals surface area contributed by atoms with Gasteiger partial charge in [-0.2, -0.15) is 22.0 Å². The van der Waals surface area contributed by atoms with Crippen LogP contribution < -0.4 is 9.80 Å². The molecular formula is C23H17ClF7N3O4. The van der Waals surface area contributed by atoms with Crippen molar-refractivity contribution in [3.8, 4) is 0 Å². The molecule has 2 N–H and O–H groups in total. The van der Waals surface area contributed by atoms with Crippen LogP contribution in [0.2, 0.25) is 5.02 Å². The third-order valence-electron chi connectivity index (χ3n) is 6.77. The summed E-state index contributed by atoms with van der Waals surface area (Å²) in [7, 11) is 0. The fourth-order valence-corrected chi connectivity index (χ4v) is 4.98. The second-order valence-corrected chi connectivity index (χ2v) is 9.71. The number of pyridine rings is 1. The molecule has 0 radical (unpaired) electrons. The van der Waals surface area contributed by atoms with E-state index < -0.39 is 106 Å². The number of rotatable bonds is 4. The van der Waals surface area contributed by atoms with Gasteiger partial charge in [-0.05, 0) is 37.0 Å². The third-order valence-corrected chi connectivity index (χ3v) is 7.06. The summed E-state index contributed by atoms with van der Waals surface area (Å²) in [5.41, 5.74) is -4.08. The maximum absolute atomic E-state index is 14.7. The van der Waals surface area contributed by atoms with Crippen LogP contribution in [0, 0.1) is 11.6 Å². The summed E-state index contributed by atoms with van der Waals surface area (Å²) in [5, 5.41) is 20.2. The van der Waals surface area contributed by atoms with Crippen molar-refractivity contribution in [2.45, 2.75) is 62.1 Å². The molecule has 0 unspecified atom stereocenters. The summed E-state index contributed by atoms with van der Waals surface area (Å²) in [4.78, 5) is 31.0. The molecular weight excluding hydrogens is 551 g/mol. The van der Waals surface area contributed by atoms with Gasteiger partial charge >= 0.3 is 6.18 Å². The molecule has 5 rings (SSSR count). The van der Waals surface area contributed by atoms with Crippen molar-refractivity contribution in [2.75, 3.05) is 9.80 Å². The molecule has 2 amide bonds. The van der Waals surface area contributed by atoms with Gasteiger partial charge in [0.25, 0.3) is 17.7 Å². The molecule has 2 aliphatic carbocycles. The molecule has 1 saturated carbocycles. The molecule has 204 valence electrons. The lowest BCUT2D eigenvalue weighted by Crippen LogP contribution is -2.52. The fraction of sp³-hybridized carbons (Fsp3) is 0.435. The highest BCUT2D eigenvalue weighted by atomic mass is 35.5. The monoisotopic (exact) mass is 567 g/mol. The maximum atomic E-state index is 14.7. The predicted molar refractivity (Wildman–Crippen MR) is 117 cm³/mol. The Kier molecular flexibility index (Phi) is 6.15. The molecule has 1 aromatic carbocycles. The molecule has 2 fully saturated rings. The molecule has 1 saturated heterocycles. The zero-order valence-corrected chi connectivity index (χ0v) is 19.7. The lowest BCUT2D eigenvalue weighted by molar-refractivity contribution is -0.138. The normalized spacial score (nSPS) is 24.6. The number of hydrogen-bond donors (Lipinski definition) is 2. The molecule has 0 bridgehead atoms. The van der Waals surface area contributed by atoms with Gasteiger partial charge in [0.2, 0.25) is 0 Å². The van der Waals surface area contributed by atoms with E-state index in [4.69, 9.17) is 11.6 Å². The Bertz CT molecular complexity index is 1350. The van der Waals surface area contributed by atoms with E-state index in [1.807, 2.05) is 0 Å². The van der Waals surface area contributed by atoms with Crippen molar-refractivity contribution < 1.29 is 50.5 Å². The van der Waals surface area contributed by atoms with Crippen LogP contribution in [0.1, 0.15) is 36.1 Å². The quantitative estimate of drug-likeness (QED) is 0.434. The Morgan fingerprint density at radius 3 is 2.39 bits per heavy atom. The summed E-state index contributed by atoms with van der Waals surface area (Å²) in [6, 6.07) is -1.43. The lowest BCUT2D eigenvalue weighted by Gasteiger charge is -2.32. The summed E-state index contributed by atoms with van der Waals surface area (Å²) >= 11 is 5.74. The van der Waals surface area contributed by atoms with E-state index >= 15 is 0 Å². The van der Waals surface area contributed by atoms with E-state index in [0.29, 0.717) is 25.0 Å². The predicted octanol–water partition coefficient (Wildman–Crippen LogP) is 3.70. The number of hydrogen-bond acceptors (Lipinski definition) is 5. The van der Waals surface area contributed by atoms with Crippen LogP contribution in [0.3, 0.4) is 0 Å². The van der Waals surface area contributed by atoms with Gasteiger partial charge in [-0.3, -0.25) is 14.5 Å². The highest BCUT2D eigenvalue weighted by Gasteiger charge is 2.56. The van der Waals surface area contributed by atoms with Crippen molar-refractivity contribution in [3.63, 3.8) is 0 Å². The van der Waals surface area contributed by atoms with E-state index in [-0.39, 0.29) is 4.90 Å². The Morgan fingerprint density at radius 2 is 1.79 bits per heavy atom. The molecule has 1 aliphatic heterocycles. The number of anilines is 2. The van der Waals surface area contributed by atoms with Crippen LogP contribution in [0.25, 0.3) is 0 Å². The number of carbonyl (C=O) groups excluding carboxylic acids is 2. The van der Waals surface area contributed by atoms with Gasteiger partial charge < -0.3 is 15.1 Å². The minimum Gasteiger partial charge on any atom is -0.387 e. The zero-order chi connectivity index (χ0) is 27.9. The largest absolute Gasteiger partial charge is 0.416 e. The first kappa shape index (κ1) is 26.6. The first-order chi connectivity index (χ1) is 17.6. The third kappa shape index (κ3) is 4.18. The van der Waals surface area contributed by atoms with Crippen molar-refractivity contribution in [1.82, 2.24) is 4.98 Å². The number of aromatic nitrogens is 1. The molecule has 2 heterocycles. The molecule has 0 spiro atoms. The van der Waals surface area contributed by atoms with E-state index in [9.17, 15) is 50.5 Å². The molecule has 15 heteroatoms. The van der Waals surface area contributed by atoms with Crippen molar-refractivity contribution in [3.05, 3.63) is 51.7 Å². The summed E-state index contributed by atoms with van der Waals surface area (Å²) in [6.07, 6.45) is -10.7. The molecule has 38 heavy (non-hydrogen) atoms. The average molecular weight is 568 g/mol. The molecule has 3 atom stereocenters. The molecule has 3 aliphatic rings. The number of aliphatic hydroxyl groups is 2. The van der Waals surface area contributed by atoms with Crippen LogP contribution >= 0.6 is 11.6 Å². The number of fused-ring (bicyclic) bond motifs is 1. The van der Waals surface area contributed by atoms with E-state index in [0.717, 1.165) is 11.0 Å². The van der Waals surface area contributed by atoms with Crippen molar-refractivity contribution in [1.29, 1.82) is 0 Å². The van der Waals surface area contributed by atoms with Gasteiger partial charge in [-0.1, -0.05) is 11.6 Å². The molecule has 7 nitrogen and oxygen atoms in total. The van der Waals surface area contributed by atoms with Crippen LogP contribution in [0.15, 0.2) is 18.2 Å². The Morgan fingerprint density at radius 1 is 1.13 bits per heavy atom. The minimum absolute atomic E-state index is 0.208. The highest BCUT2D eigenvalue weighted by molar-refractivity contribution is 6.31. The van der Waals surface area contributed by atoms with Gasteiger partial charge in [-0.25, -0.2) is 13.8 Å². The number of halogens is 8. The summed E-state index contributed by atoms with van der Waals surface area (Å²) < 4.78 is 98.8. The van der Waals surface area contributed by atoms with Gasteiger partial charge in [0.15, 0.2) is 6.10 Å². The van der Waals surface area contributed by atoms with E-state index in [1.54, 1.807) is 0 Å². The van der Waals surface area contributed by atoms with Gasteiger partial charge in [-0.15, -0.1) is 0 Å². The average Bonchev–Trinajstić information content (AvgIpc) is 3.58. The Balaban J connectivity index is 1.65. The van der Waals surface area contributed by atoms with Crippen molar-refractivity contribution >= 4 is 34.9 Å². The zero-order valence-electron chi connectivity index (χ0n) is 18.9. The standard InChI is InChI=1S/C23H17ClF7N3O4/c24-11-6-14(13(26)7-12(11)25)33(8-1-2-8)20(37)16-17(35)18(36)21(38)34(16)15-5-10(23(29,30)31)9-3-4-22(27,28)19(9)32-15/h5-8,16-18,35-36H,1-4H2/t16-,17-,18-/m0/s1. The first-order valence-corrected chi connectivity index (χ1v) is 11.7. The van der Waals surface area contributed by atoms with Crippen LogP contribution in [-0.4, -0.2) is 51.3 Å². The second kappa shape index (κ2) is 8.78. The Hall–Kier alpha value is -2.97. The van der Waals surface area contributed by atoms with E-state index in [2.05, 4.69) is 4.98 Å². The van der Waals surface area contributed by atoms with Crippen LogP contribution in [0.4, 0.5) is 42.2 Å². The topological polar surface area (TPSA) is 94.0 Å². The fourth-order valence-electron chi connectivity index (χ4n) is 4.82. The van der Waals surface area contributed by atoms with E-state index in [1.165, 1.54) is 0 Å². The van der Waals surface area contributed by atoms with Crippen LogP contribution in [0.5, 0.6) is 0 Å². The molecule has 1 aromatic heterocycles. The minimum atomic E-state index is -5.14. The van der Waals surface area contributed by atoms with Gasteiger partial charge in [0.05, 0.1) is 16.3 Å². The molecule has 2 aromatic rings. The summed E-state index contributed by atoms with van der Waals surface area (Å²) in [6.45, 7) is 0. The van der Waals surface area contributed by atoms with Gasteiger partial charge in [0.1, 0.15) is 35.3 Å². The number of alkyl halides is 5. The summed E-state index contributed by atoms with van der Waals surface area (Å²) in [5.74, 6) is -9.97. The SMILES string of the molecule is O=C([C@@H]1[C@H](O)[C@H](O)C(=O)N1c1cc(C(F)(F)F)c2c(n1)C(F)(F)CC2)N(c1cc(Cl)c(F)cc1F)C1CC1. The van der Waals surface area contributed by atoms with Gasteiger partial charge in [0, 0.05) is 18.5 Å². The number of benzene rings is 1. The maximum Gasteiger partial charge on any atom is 0.416 e. The second-order valence-electron chi connectivity index (χ2n) is 9.30. The first-order valence-electron chi connectivity index (χ1n) is 11.3. The highest BCUT2D eigenvalue weighted by Crippen LogP contribution is 2.47. The van der Waals surface area contributed by atoms with Crippen LogP contribution in [-0.2, 0) is 28.1 Å².